The molecule has 5 nitrogen and oxygen atoms in total. The largest absolute Gasteiger partial charge is 0.472 e. The predicted octanol–water partition coefficient (Wildman–Crippen LogP) is 7.67. The molecule has 5 saturated heterocycles. The molecule has 0 N–H and O–H groups in total. The first-order chi connectivity index (χ1) is 18.5. The highest BCUT2D eigenvalue weighted by Crippen LogP contribution is 2.62. The average molecular weight is 539 g/mol. The smallest absolute Gasteiger partial charge is 0.117 e. The van der Waals surface area contributed by atoms with Gasteiger partial charge in [-0.3, -0.25) is 9.80 Å². The molecule has 2 spiro atoms. The number of fused-ring (bicyclic) bond motifs is 2. The molecule has 5 aliphatic heterocycles. The van der Waals surface area contributed by atoms with Crippen molar-refractivity contribution in [1.29, 1.82) is 0 Å². The van der Waals surface area contributed by atoms with Gasteiger partial charge in [-0.2, -0.15) is 11.8 Å². The molecule has 208 valence electrons. The fourth-order valence-electron chi connectivity index (χ4n) is 9.44. The molecule has 38 heavy (non-hydrogen) atoms. The Morgan fingerprint density at radius 3 is 2.29 bits per heavy atom. The Balaban J connectivity index is 1.19. The number of hydrogen-bond donors (Lipinski definition) is 0. The maximum absolute atomic E-state index is 6.86. The van der Waals surface area contributed by atoms with E-state index in [0.717, 1.165) is 18.4 Å². The summed E-state index contributed by atoms with van der Waals surface area (Å²) in [5, 5.41) is 0. The fraction of sp³-hybridized carbons (Fsp3) is 0.750. The van der Waals surface area contributed by atoms with Gasteiger partial charge < -0.3 is 13.6 Å². The van der Waals surface area contributed by atoms with Crippen LogP contribution in [-0.2, 0) is 4.74 Å². The molecule has 7 rings (SSSR count). The minimum Gasteiger partial charge on any atom is -0.472 e. The molecule has 2 aromatic rings. The molecule has 0 amide bonds. The van der Waals surface area contributed by atoms with Crippen LogP contribution in [0, 0.1) is 17.3 Å². The fourth-order valence-corrected chi connectivity index (χ4v) is 11.3. The lowest BCUT2D eigenvalue weighted by Gasteiger charge is -2.58. The molecule has 6 heteroatoms. The normalized spacial score (nSPS) is 43.9. The van der Waals surface area contributed by atoms with Gasteiger partial charge in [0.05, 0.1) is 25.1 Å². The van der Waals surface area contributed by atoms with E-state index < -0.39 is 0 Å². The zero-order chi connectivity index (χ0) is 25.9. The van der Waals surface area contributed by atoms with E-state index in [-0.39, 0.29) is 11.6 Å². The van der Waals surface area contributed by atoms with E-state index in [0.29, 0.717) is 28.9 Å². The third kappa shape index (κ3) is 4.15. The average Bonchev–Trinajstić information content (AvgIpc) is 3.70. The highest BCUT2D eigenvalue weighted by atomic mass is 32.2. The van der Waals surface area contributed by atoms with Crippen LogP contribution in [0.25, 0.3) is 0 Å². The first kappa shape index (κ1) is 25.7. The van der Waals surface area contributed by atoms with Crippen LogP contribution in [0.4, 0.5) is 0 Å². The Bertz CT molecular complexity index is 1070. The first-order valence-corrected chi connectivity index (χ1v) is 16.3. The van der Waals surface area contributed by atoms with Gasteiger partial charge >= 0.3 is 0 Å². The molecule has 0 radical (unpaired) electrons. The van der Waals surface area contributed by atoms with E-state index in [9.17, 15) is 0 Å². The monoisotopic (exact) mass is 538 g/mol. The van der Waals surface area contributed by atoms with Crippen LogP contribution in [0.5, 0.6) is 0 Å². The van der Waals surface area contributed by atoms with E-state index >= 15 is 0 Å². The number of piperidine rings is 4. The van der Waals surface area contributed by atoms with Crippen molar-refractivity contribution in [2.45, 2.75) is 114 Å². The van der Waals surface area contributed by atoms with Crippen molar-refractivity contribution >= 4 is 11.8 Å². The summed E-state index contributed by atoms with van der Waals surface area (Å²) in [6.07, 6.45) is 19.6. The van der Waals surface area contributed by atoms with Crippen molar-refractivity contribution in [2.75, 3.05) is 18.9 Å². The summed E-state index contributed by atoms with van der Waals surface area (Å²) in [6.45, 7) is 9.17. The molecular formula is C32H46N2O3S. The Morgan fingerprint density at radius 1 is 0.895 bits per heavy atom. The number of ether oxygens (including phenoxy) is 1. The van der Waals surface area contributed by atoms with Gasteiger partial charge in [-0.15, -0.1) is 0 Å². The number of hydrogen-bond acceptors (Lipinski definition) is 6. The van der Waals surface area contributed by atoms with Crippen LogP contribution in [-0.4, -0.2) is 51.8 Å². The summed E-state index contributed by atoms with van der Waals surface area (Å²) in [5.74, 6) is 2.74. The standard InChI is InChI=1S/C32H46N2O3S/c1-4-37-30-31(13-9-27-23(3)6-8-29(34(27)30)25-12-16-36-18-25)19-32(38-21-31)14-10-26-22(2)5-7-28(33(26)20-32)24-11-15-35-17-24/h11-12,15-18,22-23,26-30H,4-10,13-14,19-21H2,1-3H3. The van der Waals surface area contributed by atoms with Crippen molar-refractivity contribution in [3.63, 3.8) is 0 Å². The minimum atomic E-state index is 0.198. The second-order valence-corrected chi connectivity index (χ2v) is 14.8. The molecule has 5 aliphatic rings. The van der Waals surface area contributed by atoms with Crippen LogP contribution < -0.4 is 0 Å². The molecule has 2 aromatic heterocycles. The summed E-state index contributed by atoms with van der Waals surface area (Å²) in [6, 6.07) is 6.64. The molecular weight excluding hydrogens is 492 g/mol. The molecule has 9 atom stereocenters. The van der Waals surface area contributed by atoms with Gasteiger partial charge in [0.15, 0.2) is 0 Å². The summed E-state index contributed by atoms with van der Waals surface area (Å²) >= 11 is 2.31. The third-order valence-corrected chi connectivity index (χ3v) is 13.1. The SMILES string of the molecule is CCOC1N2C(c3ccoc3)CCC(C)C2CCC12CSC1(CCC3C(C)CCC(c4ccoc4)N3C1)C2. The van der Waals surface area contributed by atoms with Crippen LogP contribution in [0.15, 0.2) is 46.0 Å². The lowest BCUT2D eigenvalue weighted by atomic mass is 9.66. The summed E-state index contributed by atoms with van der Waals surface area (Å²) in [7, 11) is 0. The van der Waals surface area contributed by atoms with Gasteiger partial charge in [-0.1, -0.05) is 13.8 Å². The Kier molecular flexibility index (Phi) is 6.78. The van der Waals surface area contributed by atoms with Gasteiger partial charge in [0.1, 0.15) is 6.23 Å². The molecule has 7 heterocycles. The second kappa shape index (κ2) is 10.0. The highest BCUT2D eigenvalue weighted by molar-refractivity contribution is 8.01. The predicted molar refractivity (Wildman–Crippen MR) is 152 cm³/mol. The molecule has 0 aliphatic carbocycles. The van der Waals surface area contributed by atoms with E-state index in [1.165, 1.54) is 81.2 Å². The van der Waals surface area contributed by atoms with E-state index in [1.807, 2.05) is 25.1 Å². The van der Waals surface area contributed by atoms with Crippen LogP contribution >= 0.6 is 11.8 Å². The lowest BCUT2D eigenvalue weighted by molar-refractivity contribution is -0.206. The van der Waals surface area contributed by atoms with Crippen molar-refractivity contribution in [1.82, 2.24) is 9.80 Å². The van der Waals surface area contributed by atoms with Crippen LogP contribution in [0.3, 0.4) is 0 Å². The summed E-state index contributed by atoms with van der Waals surface area (Å²) in [4.78, 5) is 5.75. The lowest BCUT2D eigenvalue weighted by Crippen LogP contribution is -2.63. The van der Waals surface area contributed by atoms with Gasteiger partial charge in [0, 0.05) is 64.4 Å². The quantitative estimate of drug-likeness (QED) is 0.398. The minimum absolute atomic E-state index is 0.198. The summed E-state index contributed by atoms with van der Waals surface area (Å²) < 4.78 is 18.4. The topological polar surface area (TPSA) is 42.0 Å². The van der Waals surface area contributed by atoms with Crippen molar-refractivity contribution in [3.8, 4) is 0 Å². The Hall–Kier alpha value is -1.21. The molecule has 0 aromatic carbocycles. The van der Waals surface area contributed by atoms with E-state index in [4.69, 9.17) is 13.6 Å². The van der Waals surface area contributed by atoms with E-state index in [2.05, 4.69) is 54.5 Å². The number of thioether (sulfide) groups is 1. The van der Waals surface area contributed by atoms with Gasteiger partial charge in [-0.25, -0.2) is 0 Å². The van der Waals surface area contributed by atoms with Gasteiger partial charge in [-0.05, 0) is 88.7 Å². The Morgan fingerprint density at radius 2 is 1.58 bits per heavy atom. The van der Waals surface area contributed by atoms with Gasteiger partial charge in [0.2, 0.25) is 0 Å². The van der Waals surface area contributed by atoms with Crippen molar-refractivity contribution < 1.29 is 13.6 Å². The third-order valence-electron chi connectivity index (χ3n) is 11.3. The molecule has 5 fully saturated rings. The first-order valence-electron chi connectivity index (χ1n) is 15.4. The van der Waals surface area contributed by atoms with E-state index in [1.54, 1.807) is 0 Å². The maximum atomic E-state index is 6.86. The second-order valence-electron chi connectivity index (χ2n) is 13.4. The zero-order valence-electron chi connectivity index (χ0n) is 23.5. The van der Waals surface area contributed by atoms with Gasteiger partial charge in [0.25, 0.3) is 0 Å². The van der Waals surface area contributed by atoms with Crippen molar-refractivity contribution in [3.05, 3.63) is 48.3 Å². The molecule has 0 bridgehead atoms. The van der Waals surface area contributed by atoms with Crippen LogP contribution in [0.2, 0.25) is 0 Å². The molecule has 9 unspecified atom stereocenters. The highest BCUT2D eigenvalue weighted by Gasteiger charge is 2.61. The maximum Gasteiger partial charge on any atom is 0.117 e. The number of rotatable bonds is 4. The number of furan rings is 2. The number of nitrogens with zero attached hydrogens (tertiary/aromatic N) is 2. The zero-order valence-corrected chi connectivity index (χ0v) is 24.3. The van der Waals surface area contributed by atoms with Crippen molar-refractivity contribution in [2.24, 2.45) is 17.3 Å². The van der Waals surface area contributed by atoms with Crippen LogP contribution in [0.1, 0.15) is 102 Å². The Labute approximate surface area is 233 Å². The molecule has 0 saturated carbocycles. The summed E-state index contributed by atoms with van der Waals surface area (Å²) in [5.41, 5.74) is 2.96.